The summed E-state index contributed by atoms with van der Waals surface area (Å²) in [5.74, 6) is 0. The Labute approximate surface area is 106 Å². The molecule has 1 heterocycles. The fourth-order valence-electron chi connectivity index (χ4n) is 3.10. The van der Waals surface area contributed by atoms with Crippen molar-refractivity contribution in [3.05, 3.63) is 0 Å². The first-order valence-electron chi connectivity index (χ1n) is 6.63. The van der Waals surface area contributed by atoms with Gasteiger partial charge < -0.3 is 15.4 Å². The van der Waals surface area contributed by atoms with Crippen LogP contribution in [-0.4, -0.2) is 67.8 Å². The van der Waals surface area contributed by atoms with Crippen molar-refractivity contribution < 1.29 is 4.74 Å². The van der Waals surface area contributed by atoms with E-state index in [1.807, 2.05) is 0 Å². The number of hydrogen-bond donors (Lipinski definition) is 1. The van der Waals surface area contributed by atoms with E-state index in [1.54, 1.807) is 7.11 Å². The van der Waals surface area contributed by atoms with Crippen molar-refractivity contribution in [2.75, 3.05) is 40.4 Å². The Morgan fingerprint density at radius 2 is 2.18 bits per heavy atom. The summed E-state index contributed by atoms with van der Waals surface area (Å²) in [6, 6.07) is 1.12. The maximum atomic E-state index is 6.09. The average molecular weight is 243 g/mol. The lowest BCUT2D eigenvalue weighted by Gasteiger charge is -2.43. The molecule has 102 valence electrons. The third kappa shape index (κ3) is 3.19. The average Bonchev–Trinajstić information content (AvgIpc) is 2.56. The number of nitrogens with two attached hydrogens (primary N) is 1. The van der Waals surface area contributed by atoms with Gasteiger partial charge in [-0.15, -0.1) is 0 Å². The van der Waals surface area contributed by atoms with Crippen LogP contribution in [0.5, 0.6) is 0 Å². The molecule has 0 aromatic heterocycles. The number of ether oxygens (including phenoxy) is 1. The Morgan fingerprint density at radius 1 is 1.53 bits per heavy atom. The third-order valence-corrected chi connectivity index (χ3v) is 4.12. The van der Waals surface area contributed by atoms with Crippen LogP contribution in [0.25, 0.3) is 0 Å². The van der Waals surface area contributed by atoms with E-state index >= 15 is 0 Å². The molecule has 1 saturated heterocycles. The van der Waals surface area contributed by atoms with Crippen LogP contribution in [0.2, 0.25) is 0 Å². The van der Waals surface area contributed by atoms with Crippen molar-refractivity contribution >= 4 is 0 Å². The monoisotopic (exact) mass is 243 g/mol. The fraction of sp³-hybridized carbons (Fsp3) is 1.00. The molecule has 4 nitrogen and oxygen atoms in total. The molecule has 4 heteroatoms. The van der Waals surface area contributed by atoms with E-state index in [2.05, 4.69) is 37.6 Å². The number of rotatable bonds is 6. The third-order valence-electron chi connectivity index (χ3n) is 4.12. The molecule has 0 saturated carbocycles. The smallest absolute Gasteiger partial charge is 0.0590 e. The molecule has 0 aromatic carbocycles. The summed E-state index contributed by atoms with van der Waals surface area (Å²) in [5.41, 5.74) is 6.22. The van der Waals surface area contributed by atoms with Crippen LogP contribution in [0.3, 0.4) is 0 Å². The summed E-state index contributed by atoms with van der Waals surface area (Å²) in [4.78, 5) is 4.94. The largest absolute Gasteiger partial charge is 0.383 e. The summed E-state index contributed by atoms with van der Waals surface area (Å²) in [5, 5.41) is 0. The Kier molecular flexibility index (Phi) is 5.38. The van der Waals surface area contributed by atoms with Crippen LogP contribution in [0.4, 0.5) is 0 Å². The molecule has 0 bridgehead atoms. The maximum Gasteiger partial charge on any atom is 0.0590 e. The van der Waals surface area contributed by atoms with Gasteiger partial charge in [0, 0.05) is 44.4 Å². The van der Waals surface area contributed by atoms with Crippen molar-refractivity contribution in [1.82, 2.24) is 9.80 Å². The first-order valence-corrected chi connectivity index (χ1v) is 6.63. The molecule has 17 heavy (non-hydrogen) atoms. The zero-order valence-electron chi connectivity index (χ0n) is 12.1. The standard InChI is InChI=1S/C13H29N3O/c1-11(2)16(6-7-17-5)13(9-14)8-12(3)15(4)10-13/h11-12H,6-10,14H2,1-5H3. The predicted octanol–water partition coefficient (Wildman–Crippen LogP) is 0.765. The number of likely N-dealkylation sites (N-methyl/N-ethyl adjacent to an activating group) is 1. The first-order chi connectivity index (χ1) is 7.96. The zero-order chi connectivity index (χ0) is 13.1. The van der Waals surface area contributed by atoms with Gasteiger partial charge in [-0.25, -0.2) is 0 Å². The van der Waals surface area contributed by atoms with Crippen molar-refractivity contribution in [3.8, 4) is 0 Å². The molecule has 0 spiro atoms. The number of nitrogens with zero attached hydrogens (tertiary/aromatic N) is 2. The Balaban J connectivity index is 2.81. The molecule has 2 N–H and O–H groups in total. The van der Waals surface area contributed by atoms with E-state index in [0.29, 0.717) is 12.1 Å². The second-order valence-electron chi connectivity index (χ2n) is 5.68. The van der Waals surface area contributed by atoms with E-state index in [4.69, 9.17) is 10.5 Å². The van der Waals surface area contributed by atoms with Crippen LogP contribution in [0, 0.1) is 0 Å². The highest BCUT2D eigenvalue weighted by Gasteiger charge is 2.44. The zero-order valence-corrected chi connectivity index (χ0v) is 12.1. The van der Waals surface area contributed by atoms with Crippen LogP contribution >= 0.6 is 0 Å². The van der Waals surface area contributed by atoms with Crippen LogP contribution in [0.15, 0.2) is 0 Å². The first kappa shape index (κ1) is 14.9. The molecule has 2 atom stereocenters. The van der Waals surface area contributed by atoms with Gasteiger partial charge in [-0.3, -0.25) is 4.90 Å². The van der Waals surface area contributed by atoms with Crippen LogP contribution in [-0.2, 0) is 4.74 Å². The minimum atomic E-state index is 0.126. The van der Waals surface area contributed by atoms with Crippen LogP contribution in [0.1, 0.15) is 27.2 Å². The molecule has 0 aliphatic carbocycles. The van der Waals surface area contributed by atoms with Gasteiger partial charge in [0.2, 0.25) is 0 Å². The van der Waals surface area contributed by atoms with Gasteiger partial charge in [0.25, 0.3) is 0 Å². The van der Waals surface area contributed by atoms with E-state index in [9.17, 15) is 0 Å². The topological polar surface area (TPSA) is 41.7 Å². The fourth-order valence-corrected chi connectivity index (χ4v) is 3.10. The molecular formula is C13H29N3O. The summed E-state index contributed by atoms with van der Waals surface area (Å²) < 4.78 is 5.23. The quantitative estimate of drug-likeness (QED) is 0.748. The molecule has 1 rings (SSSR count). The van der Waals surface area contributed by atoms with Crippen molar-refractivity contribution in [3.63, 3.8) is 0 Å². The predicted molar refractivity (Wildman–Crippen MR) is 72.2 cm³/mol. The van der Waals surface area contributed by atoms with Gasteiger partial charge in [0.1, 0.15) is 0 Å². The van der Waals surface area contributed by atoms with Gasteiger partial charge in [-0.2, -0.15) is 0 Å². The number of methoxy groups -OCH3 is 1. The minimum absolute atomic E-state index is 0.126. The van der Waals surface area contributed by atoms with Crippen molar-refractivity contribution in [2.45, 2.75) is 44.8 Å². The minimum Gasteiger partial charge on any atom is -0.383 e. The van der Waals surface area contributed by atoms with E-state index < -0.39 is 0 Å². The maximum absolute atomic E-state index is 6.09. The summed E-state index contributed by atoms with van der Waals surface area (Å²) in [6.07, 6.45) is 1.15. The van der Waals surface area contributed by atoms with E-state index in [0.717, 1.165) is 32.7 Å². The highest BCUT2D eigenvalue weighted by molar-refractivity contribution is 5.03. The lowest BCUT2D eigenvalue weighted by Crippen LogP contribution is -2.58. The second-order valence-corrected chi connectivity index (χ2v) is 5.68. The Bertz CT molecular complexity index is 223. The lowest BCUT2D eigenvalue weighted by atomic mass is 9.92. The normalized spacial score (nSPS) is 30.7. The second kappa shape index (κ2) is 6.14. The molecule has 2 unspecified atom stereocenters. The van der Waals surface area contributed by atoms with Gasteiger partial charge in [-0.1, -0.05) is 0 Å². The molecule has 1 aliphatic heterocycles. The lowest BCUT2D eigenvalue weighted by molar-refractivity contribution is 0.0402. The van der Waals surface area contributed by atoms with Gasteiger partial charge in [-0.05, 0) is 34.2 Å². The van der Waals surface area contributed by atoms with Gasteiger partial charge >= 0.3 is 0 Å². The molecular weight excluding hydrogens is 214 g/mol. The van der Waals surface area contributed by atoms with E-state index in [-0.39, 0.29) is 5.54 Å². The highest BCUT2D eigenvalue weighted by atomic mass is 16.5. The molecule has 0 aromatic rings. The highest BCUT2D eigenvalue weighted by Crippen LogP contribution is 2.32. The van der Waals surface area contributed by atoms with E-state index in [1.165, 1.54) is 0 Å². The van der Waals surface area contributed by atoms with Crippen LogP contribution < -0.4 is 5.73 Å². The summed E-state index contributed by atoms with van der Waals surface area (Å²) in [7, 11) is 3.95. The number of likely N-dealkylation sites (tertiary alicyclic amines) is 1. The molecule has 0 amide bonds. The summed E-state index contributed by atoms with van der Waals surface area (Å²) >= 11 is 0. The Morgan fingerprint density at radius 3 is 2.53 bits per heavy atom. The van der Waals surface area contributed by atoms with Gasteiger partial charge in [0.15, 0.2) is 0 Å². The van der Waals surface area contributed by atoms with Crippen molar-refractivity contribution in [1.29, 1.82) is 0 Å². The molecule has 1 aliphatic rings. The Hall–Kier alpha value is -0.160. The summed E-state index contributed by atoms with van der Waals surface area (Å²) in [6.45, 7) is 10.3. The molecule has 1 fully saturated rings. The van der Waals surface area contributed by atoms with Crippen molar-refractivity contribution in [2.24, 2.45) is 5.73 Å². The number of hydrogen-bond acceptors (Lipinski definition) is 4. The SMILES string of the molecule is COCCN(C(C)C)C1(CN)CC(C)N(C)C1. The molecule has 0 radical (unpaired) electrons. The van der Waals surface area contributed by atoms with Gasteiger partial charge in [0.05, 0.1) is 6.61 Å².